The van der Waals surface area contributed by atoms with Crippen molar-refractivity contribution in [1.29, 1.82) is 0 Å². The Kier molecular flexibility index (Phi) is 5.64. The average Bonchev–Trinajstić information content (AvgIpc) is 3.26. The van der Waals surface area contributed by atoms with Gasteiger partial charge in [0.25, 0.3) is 0 Å². The summed E-state index contributed by atoms with van der Waals surface area (Å²) in [5.74, 6) is 1.01. The number of hydrogen-bond acceptors (Lipinski definition) is 4. The van der Waals surface area contributed by atoms with Crippen LogP contribution < -0.4 is 10.6 Å². The second kappa shape index (κ2) is 8.34. The van der Waals surface area contributed by atoms with E-state index in [4.69, 9.17) is 9.72 Å². The van der Waals surface area contributed by atoms with Gasteiger partial charge in [-0.05, 0) is 18.1 Å². The maximum atomic E-state index is 14.3. The fraction of sp³-hybridized carbons (Fsp3) is 0.250. The normalized spacial score (nSPS) is 16.5. The summed E-state index contributed by atoms with van der Waals surface area (Å²) in [5, 5.41) is 1.68. The third-order valence-corrected chi connectivity index (χ3v) is 8.23. The third kappa shape index (κ3) is 4.18. The van der Waals surface area contributed by atoms with Crippen molar-refractivity contribution in [2.45, 2.75) is 26.1 Å². The average molecular weight is 404 g/mol. The lowest BCUT2D eigenvalue weighted by molar-refractivity contribution is 0.291. The minimum Gasteiger partial charge on any atom is -0.474 e. The lowest BCUT2D eigenvalue weighted by atomic mass is 10.1. The maximum absolute atomic E-state index is 14.3. The quantitative estimate of drug-likeness (QED) is 0.573. The van der Waals surface area contributed by atoms with Gasteiger partial charge in [0.15, 0.2) is 0 Å². The van der Waals surface area contributed by atoms with E-state index in [9.17, 15) is 4.57 Å². The Morgan fingerprint density at radius 2 is 1.55 bits per heavy atom. The minimum absolute atomic E-state index is 0.162. The number of rotatable bonds is 6. The number of pyridine rings is 1. The molecule has 3 aromatic rings. The maximum Gasteiger partial charge on any atom is 0.235 e. The van der Waals surface area contributed by atoms with Crippen LogP contribution in [0.1, 0.15) is 25.2 Å². The van der Waals surface area contributed by atoms with Crippen LogP contribution in [-0.2, 0) is 15.5 Å². The number of aliphatic imine (C=N–C) groups is 1. The van der Waals surface area contributed by atoms with E-state index in [1.54, 1.807) is 0 Å². The van der Waals surface area contributed by atoms with Crippen molar-refractivity contribution in [3.63, 3.8) is 0 Å². The molecule has 1 aromatic heterocycles. The van der Waals surface area contributed by atoms with Gasteiger partial charge in [-0.1, -0.05) is 80.6 Å². The molecule has 0 unspecified atom stereocenters. The SMILES string of the molecule is CC(C)[C@H]1COC(c2cccc(CP(=O)(c3ccccc3)c3ccccc3)n2)=N1. The highest BCUT2D eigenvalue weighted by molar-refractivity contribution is 7.78. The van der Waals surface area contributed by atoms with Crippen molar-refractivity contribution < 1.29 is 9.30 Å². The Hall–Kier alpha value is -2.71. The lowest BCUT2D eigenvalue weighted by Gasteiger charge is -2.19. The summed E-state index contributed by atoms with van der Waals surface area (Å²) in [6, 6.07) is 25.3. The van der Waals surface area contributed by atoms with Gasteiger partial charge < -0.3 is 9.30 Å². The molecular formula is C24H25N2O2P. The van der Waals surface area contributed by atoms with E-state index in [1.807, 2.05) is 78.9 Å². The van der Waals surface area contributed by atoms with E-state index in [0.717, 1.165) is 16.3 Å². The summed E-state index contributed by atoms with van der Waals surface area (Å²) in [5.41, 5.74) is 1.48. The molecule has 4 rings (SSSR count). The first-order valence-corrected chi connectivity index (χ1v) is 11.8. The molecule has 0 N–H and O–H groups in total. The highest BCUT2D eigenvalue weighted by Crippen LogP contribution is 2.46. The second-order valence-corrected chi connectivity index (χ2v) is 10.5. The monoisotopic (exact) mass is 404 g/mol. The zero-order valence-corrected chi connectivity index (χ0v) is 17.6. The van der Waals surface area contributed by atoms with Crippen LogP contribution in [0.15, 0.2) is 83.9 Å². The molecule has 0 amide bonds. The molecule has 0 spiro atoms. The smallest absolute Gasteiger partial charge is 0.235 e. The second-order valence-electron chi connectivity index (χ2n) is 7.64. The highest BCUT2D eigenvalue weighted by atomic mass is 31.2. The van der Waals surface area contributed by atoms with Crippen LogP contribution in [0.2, 0.25) is 0 Å². The Bertz CT molecular complexity index is 1010. The first-order chi connectivity index (χ1) is 14.1. The van der Waals surface area contributed by atoms with Gasteiger partial charge in [0, 0.05) is 16.3 Å². The number of hydrogen-bond donors (Lipinski definition) is 0. The highest BCUT2D eigenvalue weighted by Gasteiger charge is 2.29. The van der Waals surface area contributed by atoms with Crippen molar-refractivity contribution in [2.75, 3.05) is 6.61 Å². The minimum atomic E-state index is -2.87. The van der Waals surface area contributed by atoms with Gasteiger partial charge in [-0.25, -0.2) is 9.98 Å². The van der Waals surface area contributed by atoms with E-state index in [-0.39, 0.29) is 6.04 Å². The lowest BCUT2D eigenvalue weighted by Crippen LogP contribution is -2.18. The van der Waals surface area contributed by atoms with Crippen LogP contribution in [0.25, 0.3) is 0 Å². The predicted molar refractivity (Wildman–Crippen MR) is 119 cm³/mol. The van der Waals surface area contributed by atoms with Crippen LogP contribution in [0.3, 0.4) is 0 Å². The van der Waals surface area contributed by atoms with Gasteiger partial charge in [-0.15, -0.1) is 0 Å². The first-order valence-electron chi connectivity index (χ1n) is 9.93. The Morgan fingerprint density at radius 1 is 0.931 bits per heavy atom. The van der Waals surface area contributed by atoms with Crippen LogP contribution >= 0.6 is 7.14 Å². The zero-order chi connectivity index (χ0) is 20.3. The number of aromatic nitrogens is 1. The molecule has 1 aliphatic heterocycles. The van der Waals surface area contributed by atoms with Gasteiger partial charge in [-0.2, -0.15) is 0 Å². The predicted octanol–water partition coefficient (Wildman–Crippen LogP) is 4.40. The van der Waals surface area contributed by atoms with Crippen molar-refractivity contribution >= 4 is 23.6 Å². The summed E-state index contributed by atoms with van der Waals surface area (Å²) in [6.07, 6.45) is 0.357. The molecule has 0 saturated heterocycles. The molecule has 0 fully saturated rings. The van der Waals surface area contributed by atoms with E-state index < -0.39 is 7.14 Å². The van der Waals surface area contributed by atoms with Crippen molar-refractivity contribution in [1.82, 2.24) is 4.98 Å². The largest absolute Gasteiger partial charge is 0.474 e. The van der Waals surface area contributed by atoms with Crippen molar-refractivity contribution in [3.8, 4) is 0 Å². The van der Waals surface area contributed by atoms with Crippen molar-refractivity contribution in [3.05, 3.63) is 90.3 Å². The third-order valence-electron chi connectivity index (χ3n) is 5.20. The molecule has 1 aliphatic rings. The summed E-state index contributed by atoms with van der Waals surface area (Å²) in [6.45, 7) is 4.87. The van der Waals surface area contributed by atoms with E-state index in [1.165, 1.54) is 0 Å². The summed E-state index contributed by atoms with van der Waals surface area (Å²) in [7, 11) is -2.87. The first kappa shape index (κ1) is 19.6. The number of benzene rings is 2. The van der Waals surface area contributed by atoms with Crippen molar-refractivity contribution in [2.24, 2.45) is 10.9 Å². The fourth-order valence-electron chi connectivity index (χ4n) is 3.46. The van der Waals surface area contributed by atoms with Crippen LogP contribution in [-0.4, -0.2) is 23.5 Å². The van der Waals surface area contributed by atoms with E-state index in [0.29, 0.717) is 30.3 Å². The Morgan fingerprint density at radius 3 is 2.10 bits per heavy atom. The molecule has 2 aromatic carbocycles. The zero-order valence-electron chi connectivity index (χ0n) is 16.7. The summed E-state index contributed by atoms with van der Waals surface area (Å²) >= 11 is 0. The molecule has 1 atom stereocenters. The molecular weight excluding hydrogens is 379 g/mol. The van der Waals surface area contributed by atoms with E-state index in [2.05, 4.69) is 18.8 Å². The van der Waals surface area contributed by atoms with Crippen LogP contribution in [0, 0.1) is 5.92 Å². The van der Waals surface area contributed by atoms with Gasteiger partial charge >= 0.3 is 0 Å². The van der Waals surface area contributed by atoms with Gasteiger partial charge in [-0.3, -0.25) is 0 Å². The topological polar surface area (TPSA) is 51.5 Å². The molecule has 5 heteroatoms. The molecule has 148 valence electrons. The van der Waals surface area contributed by atoms with Gasteiger partial charge in [0.05, 0.1) is 12.2 Å². The summed E-state index contributed by atoms with van der Waals surface area (Å²) < 4.78 is 20.0. The Balaban J connectivity index is 1.69. The summed E-state index contributed by atoms with van der Waals surface area (Å²) in [4.78, 5) is 9.43. The molecule has 2 heterocycles. The number of nitrogens with zero attached hydrogens (tertiary/aromatic N) is 2. The molecule has 4 nitrogen and oxygen atoms in total. The van der Waals surface area contributed by atoms with Crippen LogP contribution in [0.5, 0.6) is 0 Å². The van der Waals surface area contributed by atoms with Gasteiger partial charge in [0.2, 0.25) is 5.90 Å². The number of ether oxygens (including phenoxy) is 1. The van der Waals surface area contributed by atoms with E-state index >= 15 is 0 Å². The molecule has 0 aliphatic carbocycles. The van der Waals surface area contributed by atoms with Crippen LogP contribution in [0.4, 0.5) is 0 Å². The molecule has 0 bridgehead atoms. The fourth-order valence-corrected chi connectivity index (χ4v) is 6.06. The molecule has 29 heavy (non-hydrogen) atoms. The molecule has 0 saturated carbocycles. The Labute approximate surface area is 172 Å². The van der Waals surface area contributed by atoms with Gasteiger partial charge in [0.1, 0.15) is 19.4 Å². The molecule has 0 radical (unpaired) electrons. The standard InChI is InChI=1S/C24H25N2O2P/c1-18(2)23-16-28-24(26-23)22-15-9-10-19(25-22)17-29(27,20-11-5-3-6-12-20)21-13-7-4-8-14-21/h3-15,18,23H,16-17H2,1-2H3/t23-/m1/s1.